The van der Waals surface area contributed by atoms with Crippen LogP contribution in [0.15, 0.2) is 12.2 Å². The molecule has 0 spiro atoms. The van der Waals surface area contributed by atoms with E-state index in [9.17, 15) is 4.79 Å². The molecule has 0 aromatic carbocycles. The monoisotopic (exact) mass is 505 g/mol. The average molecular weight is 506 g/mol. The van der Waals surface area contributed by atoms with Crippen molar-refractivity contribution in [1.82, 2.24) is 4.90 Å². The van der Waals surface area contributed by atoms with Gasteiger partial charge in [0, 0.05) is 30.7 Å². The Labute approximate surface area is 213 Å². The number of ether oxygens (including phenoxy) is 3. The van der Waals surface area contributed by atoms with Crippen molar-refractivity contribution in [3.63, 3.8) is 0 Å². The second-order valence-corrected chi connectivity index (χ2v) is 18.4. The summed E-state index contributed by atoms with van der Waals surface area (Å²) in [5, 5.41) is 0.188. The maximum atomic E-state index is 13.8. The standard InChI is InChI=1S/C28H47NO5Si/c1-19(28-31-15-13-27(5,34-28)18-32-28)16-23(30)22-17-20-11-12-24(33-35(6,7)26(2,3)4)21-10-8-9-14-29(22)25(20)21/h11-12,19-22,24-25H,8-10,13-18H2,1-7H3/t19-,20-,21+,22-,24+,25-,27?,28?/m0/s1. The van der Waals surface area contributed by atoms with Gasteiger partial charge in [-0.25, -0.2) is 0 Å². The number of carbonyl (C=O) groups excluding carboxylic acids is 1. The fourth-order valence-corrected chi connectivity index (χ4v) is 8.10. The van der Waals surface area contributed by atoms with E-state index in [1.54, 1.807) is 0 Å². The maximum Gasteiger partial charge on any atom is 0.286 e. The number of hydrogen-bond acceptors (Lipinski definition) is 6. The number of rotatable bonds is 6. The van der Waals surface area contributed by atoms with Crippen LogP contribution in [0.5, 0.6) is 0 Å². The molecule has 0 amide bonds. The van der Waals surface area contributed by atoms with Gasteiger partial charge in [0.05, 0.1) is 31.0 Å². The number of ketones is 1. The van der Waals surface area contributed by atoms with Crippen LogP contribution >= 0.6 is 0 Å². The summed E-state index contributed by atoms with van der Waals surface area (Å²) in [4.78, 5) is 16.3. The van der Waals surface area contributed by atoms with Crippen molar-refractivity contribution in [2.45, 2.75) is 121 Å². The van der Waals surface area contributed by atoms with Crippen LogP contribution < -0.4 is 0 Å². The number of fused-ring (bicyclic) bond motifs is 2. The van der Waals surface area contributed by atoms with Gasteiger partial charge >= 0.3 is 0 Å². The summed E-state index contributed by atoms with van der Waals surface area (Å²) in [5.74, 6) is 0.0318. The van der Waals surface area contributed by atoms with Crippen molar-refractivity contribution < 1.29 is 23.4 Å². The van der Waals surface area contributed by atoms with E-state index < -0.39 is 14.3 Å². The predicted octanol–water partition coefficient (Wildman–Crippen LogP) is 5.28. The van der Waals surface area contributed by atoms with E-state index in [0.29, 0.717) is 43.3 Å². The van der Waals surface area contributed by atoms with E-state index in [1.165, 1.54) is 12.8 Å². The molecule has 1 aliphatic carbocycles. The van der Waals surface area contributed by atoms with Crippen molar-refractivity contribution in [3.8, 4) is 0 Å². The minimum absolute atomic E-state index is 0.0305. The molecule has 6 nitrogen and oxygen atoms in total. The number of carbonyl (C=O) groups is 1. The zero-order valence-corrected chi connectivity index (χ0v) is 24.0. The lowest BCUT2D eigenvalue weighted by Gasteiger charge is -2.45. The molecule has 0 N–H and O–H groups in total. The van der Waals surface area contributed by atoms with Gasteiger partial charge in [0.15, 0.2) is 14.1 Å². The highest BCUT2D eigenvalue weighted by molar-refractivity contribution is 6.74. The Morgan fingerprint density at radius 1 is 1.23 bits per heavy atom. The molecule has 0 aromatic rings. The second kappa shape index (κ2) is 9.02. The van der Waals surface area contributed by atoms with Crippen LogP contribution in [0, 0.1) is 17.8 Å². The van der Waals surface area contributed by atoms with Crippen LogP contribution in [0.1, 0.15) is 73.1 Å². The molecule has 0 radical (unpaired) electrons. The lowest BCUT2D eigenvalue weighted by molar-refractivity contribution is -0.388. The molecule has 0 saturated carbocycles. The molecular weight excluding hydrogens is 458 g/mol. The van der Waals surface area contributed by atoms with E-state index in [1.807, 2.05) is 6.92 Å². The van der Waals surface area contributed by atoms with E-state index in [-0.39, 0.29) is 28.7 Å². The van der Waals surface area contributed by atoms with Crippen LogP contribution in [0.4, 0.5) is 0 Å². The second-order valence-electron chi connectivity index (χ2n) is 13.6. The Morgan fingerprint density at radius 3 is 2.74 bits per heavy atom. The molecule has 4 saturated heterocycles. The summed E-state index contributed by atoms with van der Waals surface area (Å²) in [6.07, 6.45) is 10.6. The largest absolute Gasteiger partial charge is 0.410 e. The van der Waals surface area contributed by atoms with E-state index in [2.05, 4.69) is 57.8 Å². The first-order valence-corrected chi connectivity index (χ1v) is 16.9. The fourth-order valence-electron chi connectivity index (χ4n) is 6.81. The minimum Gasteiger partial charge on any atom is -0.410 e. The molecule has 4 fully saturated rings. The van der Waals surface area contributed by atoms with E-state index >= 15 is 0 Å². The SMILES string of the molecule is C[C@@H](CC(=O)[C@@H]1C[C@@H]2C=C[C@@H](O[Si](C)(C)C(C)(C)C)[C@H]3CCCCN1[C@H]32)C12OCCC(C)(CO1)O2. The molecule has 8 atom stereocenters. The van der Waals surface area contributed by atoms with Crippen LogP contribution in [-0.4, -0.2) is 68.5 Å². The summed E-state index contributed by atoms with van der Waals surface area (Å²) >= 11 is 0. The van der Waals surface area contributed by atoms with Crippen molar-refractivity contribution in [2.75, 3.05) is 19.8 Å². The zero-order chi connectivity index (χ0) is 25.2. The smallest absolute Gasteiger partial charge is 0.286 e. The third kappa shape index (κ3) is 4.63. The summed E-state index contributed by atoms with van der Waals surface area (Å²) in [6.45, 7) is 18.0. The molecule has 5 rings (SSSR count). The highest BCUT2D eigenvalue weighted by Crippen LogP contribution is 2.48. The highest BCUT2D eigenvalue weighted by atomic mass is 28.4. The first-order valence-electron chi connectivity index (χ1n) is 14.0. The van der Waals surface area contributed by atoms with Gasteiger partial charge in [0.1, 0.15) is 0 Å². The Hall–Kier alpha value is -0.573. The molecule has 4 heterocycles. The molecule has 2 bridgehead atoms. The van der Waals surface area contributed by atoms with Gasteiger partial charge in [0.25, 0.3) is 5.97 Å². The van der Waals surface area contributed by atoms with Crippen LogP contribution in [0.3, 0.4) is 0 Å². The third-order valence-electron chi connectivity index (χ3n) is 9.95. The van der Waals surface area contributed by atoms with Crippen molar-refractivity contribution in [1.29, 1.82) is 0 Å². The Bertz CT molecular complexity index is 855. The molecule has 198 valence electrons. The van der Waals surface area contributed by atoms with Gasteiger partial charge in [0.2, 0.25) is 0 Å². The van der Waals surface area contributed by atoms with Gasteiger partial charge in [-0.2, -0.15) is 0 Å². The quantitative estimate of drug-likeness (QED) is 0.362. The third-order valence-corrected chi connectivity index (χ3v) is 14.4. The van der Waals surface area contributed by atoms with Gasteiger partial charge in [-0.3, -0.25) is 9.69 Å². The first kappa shape index (κ1) is 26.1. The van der Waals surface area contributed by atoms with Gasteiger partial charge in [-0.15, -0.1) is 0 Å². The highest BCUT2D eigenvalue weighted by Gasteiger charge is 2.57. The summed E-state index contributed by atoms with van der Waals surface area (Å²) < 4.78 is 25.3. The summed E-state index contributed by atoms with van der Waals surface area (Å²) in [7, 11) is -1.88. The minimum atomic E-state index is -1.88. The lowest BCUT2D eigenvalue weighted by atomic mass is 9.78. The summed E-state index contributed by atoms with van der Waals surface area (Å²) in [5.41, 5.74) is -0.292. The van der Waals surface area contributed by atoms with Crippen molar-refractivity contribution >= 4 is 14.1 Å². The Kier molecular flexibility index (Phi) is 6.71. The van der Waals surface area contributed by atoms with Crippen molar-refractivity contribution in [2.24, 2.45) is 17.8 Å². The van der Waals surface area contributed by atoms with Crippen molar-refractivity contribution in [3.05, 3.63) is 12.2 Å². The predicted molar refractivity (Wildman–Crippen MR) is 138 cm³/mol. The number of hydrogen-bond donors (Lipinski definition) is 0. The first-order chi connectivity index (χ1) is 16.3. The van der Waals surface area contributed by atoms with E-state index in [4.69, 9.17) is 18.6 Å². The van der Waals surface area contributed by atoms with Crippen LogP contribution in [0.25, 0.3) is 0 Å². The summed E-state index contributed by atoms with van der Waals surface area (Å²) in [6, 6.07) is 0.380. The maximum absolute atomic E-state index is 13.8. The van der Waals surface area contributed by atoms with Gasteiger partial charge in [-0.1, -0.05) is 46.3 Å². The molecule has 4 aliphatic heterocycles. The molecule has 7 heteroatoms. The molecule has 2 unspecified atom stereocenters. The Morgan fingerprint density at radius 2 is 2.00 bits per heavy atom. The van der Waals surface area contributed by atoms with Gasteiger partial charge in [-0.05, 0) is 56.8 Å². The zero-order valence-electron chi connectivity index (χ0n) is 23.0. The lowest BCUT2D eigenvalue weighted by Crippen LogP contribution is -2.52. The number of Topliss-reactive ketones (excluding diaryl/α,β-unsaturated/α-hetero) is 1. The normalized spacial score (nSPS) is 42.5. The Balaban J connectivity index is 1.31. The fraction of sp³-hybridized carbons (Fsp3) is 0.893. The van der Waals surface area contributed by atoms with Crippen LogP contribution in [-0.2, 0) is 23.4 Å². The topological polar surface area (TPSA) is 57.2 Å². The van der Waals surface area contributed by atoms with Crippen LogP contribution in [0.2, 0.25) is 18.1 Å². The number of nitrogens with zero attached hydrogens (tertiary/aromatic N) is 1. The molecular formula is C28H47NO5Si. The van der Waals surface area contributed by atoms with E-state index in [0.717, 1.165) is 25.8 Å². The molecule has 5 aliphatic rings. The average Bonchev–Trinajstić information content (AvgIpc) is 3.14. The van der Waals surface area contributed by atoms with Gasteiger partial charge < -0.3 is 18.6 Å². The molecule has 35 heavy (non-hydrogen) atoms. The molecule has 0 aromatic heterocycles.